The van der Waals surface area contributed by atoms with Gasteiger partial charge in [0.25, 0.3) is 0 Å². The number of hydrogen-bond acceptors (Lipinski definition) is 5. The van der Waals surface area contributed by atoms with Gasteiger partial charge in [-0.1, -0.05) is 0 Å². The summed E-state index contributed by atoms with van der Waals surface area (Å²) in [6.07, 6.45) is 3.35. The number of hydrogen-bond donors (Lipinski definition) is 1. The first kappa shape index (κ1) is 11.2. The van der Waals surface area contributed by atoms with Gasteiger partial charge in [0.2, 0.25) is 0 Å². The predicted molar refractivity (Wildman–Crippen MR) is 72.7 cm³/mol. The molecule has 3 heterocycles. The summed E-state index contributed by atoms with van der Waals surface area (Å²) in [5.74, 6) is 0.833. The van der Waals surface area contributed by atoms with E-state index in [4.69, 9.17) is 0 Å². The quantitative estimate of drug-likeness (QED) is 0.784. The van der Waals surface area contributed by atoms with Crippen molar-refractivity contribution < 1.29 is 0 Å². The Labute approximate surface area is 109 Å². The predicted octanol–water partition coefficient (Wildman–Crippen LogP) is 2.35. The molecular weight excluding hydrogens is 246 g/mol. The van der Waals surface area contributed by atoms with Gasteiger partial charge in [0.1, 0.15) is 12.1 Å². The number of nitrogens with one attached hydrogen (secondary N) is 1. The van der Waals surface area contributed by atoms with Crippen LogP contribution in [0.5, 0.6) is 0 Å². The molecule has 0 aliphatic rings. The van der Waals surface area contributed by atoms with Gasteiger partial charge in [0.05, 0.1) is 18.1 Å². The Balaban J connectivity index is 1.86. The number of anilines is 1. The minimum Gasteiger partial charge on any atom is -0.364 e. The van der Waals surface area contributed by atoms with Crippen molar-refractivity contribution in [3.05, 3.63) is 34.4 Å². The smallest absolute Gasteiger partial charge is 0.163 e. The topological polar surface area (TPSA) is 55.6 Å². The molecule has 0 radical (unpaired) electrons. The summed E-state index contributed by atoms with van der Waals surface area (Å²) in [7, 11) is 1.88. The van der Waals surface area contributed by atoms with E-state index < -0.39 is 0 Å². The lowest BCUT2D eigenvalue weighted by Gasteiger charge is -2.04. The Hall–Kier alpha value is -1.95. The lowest BCUT2D eigenvalue weighted by Crippen LogP contribution is -2.01. The monoisotopic (exact) mass is 259 g/mol. The molecule has 18 heavy (non-hydrogen) atoms. The molecule has 0 aliphatic carbocycles. The number of aromatic nitrogens is 4. The van der Waals surface area contributed by atoms with Crippen molar-refractivity contribution in [2.45, 2.75) is 13.5 Å². The van der Waals surface area contributed by atoms with E-state index in [9.17, 15) is 0 Å². The number of rotatable bonds is 3. The highest BCUT2D eigenvalue weighted by molar-refractivity contribution is 7.11. The van der Waals surface area contributed by atoms with Crippen LogP contribution in [0.4, 0.5) is 5.82 Å². The Morgan fingerprint density at radius 2 is 2.22 bits per heavy atom. The minimum absolute atomic E-state index is 0.777. The van der Waals surface area contributed by atoms with Gasteiger partial charge in [-0.25, -0.2) is 9.97 Å². The largest absolute Gasteiger partial charge is 0.364 e. The van der Waals surface area contributed by atoms with Gasteiger partial charge < -0.3 is 5.32 Å². The van der Waals surface area contributed by atoms with Crippen molar-refractivity contribution in [3.8, 4) is 0 Å². The molecule has 0 amide bonds. The van der Waals surface area contributed by atoms with Crippen molar-refractivity contribution in [3.63, 3.8) is 0 Å². The molecule has 0 atom stereocenters. The standard InChI is InChI=1S/C12H13N5S/c1-8-3-4-9(18-8)5-13-11-10-6-16-17(2)12(10)15-7-14-11/h3-4,6-7H,5H2,1-2H3,(H,13,14,15). The van der Waals surface area contributed by atoms with Crippen LogP contribution < -0.4 is 5.32 Å². The van der Waals surface area contributed by atoms with Crippen LogP contribution in [-0.4, -0.2) is 19.7 Å². The van der Waals surface area contributed by atoms with E-state index in [-0.39, 0.29) is 0 Å². The van der Waals surface area contributed by atoms with E-state index in [0.29, 0.717) is 0 Å². The molecular formula is C12H13N5S. The second kappa shape index (κ2) is 4.38. The van der Waals surface area contributed by atoms with Gasteiger partial charge in [0.15, 0.2) is 5.65 Å². The molecule has 6 heteroatoms. The summed E-state index contributed by atoms with van der Waals surface area (Å²) in [4.78, 5) is 11.1. The molecule has 1 N–H and O–H groups in total. The number of aryl methyl sites for hydroxylation is 2. The zero-order valence-electron chi connectivity index (χ0n) is 10.2. The summed E-state index contributed by atoms with van der Waals surface area (Å²) in [6.45, 7) is 2.89. The molecule has 92 valence electrons. The van der Waals surface area contributed by atoms with Crippen molar-refractivity contribution in [2.75, 3.05) is 5.32 Å². The van der Waals surface area contributed by atoms with Crippen LogP contribution in [0.2, 0.25) is 0 Å². The third kappa shape index (κ3) is 1.95. The van der Waals surface area contributed by atoms with E-state index in [0.717, 1.165) is 23.4 Å². The van der Waals surface area contributed by atoms with Gasteiger partial charge in [-0.05, 0) is 19.1 Å². The summed E-state index contributed by atoms with van der Waals surface area (Å²) in [5.41, 5.74) is 0.842. The van der Waals surface area contributed by atoms with Gasteiger partial charge >= 0.3 is 0 Å². The maximum atomic E-state index is 4.27. The van der Waals surface area contributed by atoms with Crippen LogP contribution >= 0.6 is 11.3 Å². The molecule has 3 aromatic heterocycles. The Morgan fingerprint density at radius 3 is 3.00 bits per heavy atom. The first-order valence-corrected chi connectivity index (χ1v) is 6.47. The molecule has 0 aromatic carbocycles. The molecule has 3 aromatic rings. The fourth-order valence-electron chi connectivity index (χ4n) is 1.85. The SMILES string of the molecule is Cc1ccc(CNc2ncnc3c2cnn3C)s1. The number of fused-ring (bicyclic) bond motifs is 1. The van der Waals surface area contributed by atoms with E-state index in [2.05, 4.69) is 39.4 Å². The fourth-order valence-corrected chi connectivity index (χ4v) is 2.68. The van der Waals surface area contributed by atoms with Crippen LogP contribution in [0.3, 0.4) is 0 Å². The van der Waals surface area contributed by atoms with Crippen molar-refractivity contribution in [2.24, 2.45) is 7.05 Å². The van der Waals surface area contributed by atoms with E-state index in [1.54, 1.807) is 28.5 Å². The zero-order chi connectivity index (χ0) is 12.5. The minimum atomic E-state index is 0.777. The summed E-state index contributed by atoms with van der Waals surface area (Å²) in [5, 5.41) is 8.48. The van der Waals surface area contributed by atoms with Crippen LogP contribution in [-0.2, 0) is 13.6 Å². The lowest BCUT2D eigenvalue weighted by atomic mass is 10.3. The molecule has 5 nitrogen and oxygen atoms in total. The normalized spacial score (nSPS) is 11.0. The molecule has 0 aliphatic heterocycles. The molecule has 0 saturated carbocycles. The first-order chi connectivity index (χ1) is 8.74. The highest BCUT2D eigenvalue weighted by Gasteiger charge is 2.07. The third-order valence-electron chi connectivity index (χ3n) is 2.76. The van der Waals surface area contributed by atoms with E-state index >= 15 is 0 Å². The van der Waals surface area contributed by atoms with Crippen molar-refractivity contribution in [1.82, 2.24) is 19.7 Å². The molecule has 0 saturated heterocycles. The summed E-state index contributed by atoms with van der Waals surface area (Å²) >= 11 is 1.79. The molecule has 0 spiro atoms. The Kier molecular flexibility index (Phi) is 2.71. The third-order valence-corrected chi connectivity index (χ3v) is 3.76. The van der Waals surface area contributed by atoms with Crippen LogP contribution in [0, 0.1) is 6.92 Å². The first-order valence-electron chi connectivity index (χ1n) is 5.66. The van der Waals surface area contributed by atoms with Crippen molar-refractivity contribution >= 4 is 28.2 Å². The summed E-state index contributed by atoms with van der Waals surface area (Å²) < 4.78 is 1.75. The number of thiophene rings is 1. The van der Waals surface area contributed by atoms with Gasteiger partial charge in [-0.2, -0.15) is 5.10 Å². The highest BCUT2D eigenvalue weighted by atomic mass is 32.1. The highest BCUT2D eigenvalue weighted by Crippen LogP contribution is 2.20. The second-order valence-electron chi connectivity index (χ2n) is 4.09. The zero-order valence-corrected chi connectivity index (χ0v) is 11.0. The molecule has 3 rings (SSSR count). The van der Waals surface area contributed by atoms with Gasteiger partial charge in [-0.3, -0.25) is 4.68 Å². The van der Waals surface area contributed by atoms with E-state index in [1.807, 2.05) is 7.05 Å². The molecule has 0 fully saturated rings. The second-order valence-corrected chi connectivity index (χ2v) is 5.47. The Bertz CT molecular complexity index is 685. The van der Waals surface area contributed by atoms with Crippen LogP contribution in [0.1, 0.15) is 9.75 Å². The lowest BCUT2D eigenvalue weighted by molar-refractivity contribution is 0.785. The average Bonchev–Trinajstić information content (AvgIpc) is 2.94. The Morgan fingerprint density at radius 1 is 1.33 bits per heavy atom. The van der Waals surface area contributed by atoms with Gasteiger partial charge in [-0.15, -0.1) is 11.3 Å². The van der Waals surface area contributed by atoms with E-state index in [1.165, 1.54) is 9.75 Å². The molecule has 0 unspecified atom stereocenters. The summed E-state index contributed by atoms with van der Waals surface area (Å²) in [6, 6.07) is 4.26. The molecule has 0 bridgehead atoms. The van der Waals surface area contributed by atoms with Crippen LogP contribution in [0.25, 0.3) is 11.0 Å². The van der Waals surface area contributed by atoms with Crippen molar-refractivity contribution in [1.29, 1.82) is 0 Å². The number of nitrogens with zero attached hydrogens (tertiary/aromatic N) is 4. The maximum Gasteiger partial charge on any atom is 0.163 e. The fraction of sp³-hybridized carbons (Fsp3) is 0.250. The van der Waals surface area contributed by atoms with Crippen LogP contribution in [0.15, 0.2) is 24.7 Å². The van der Waals surface area contributed by atoms with Gasteiger partial charge in [0, 0.05) is 16.8 Å². The average molecular weight is 259 g/mol. The maximum absolute atomic E-state index is 4.27.